The molecule has 1 atom stereocenters. The summed E-state index contributed by atoms with van der Waals surface area (Å²) in [4.78, 5) is 11.8. The number of carbonyl (C=O) groups excluding carboxylic acids is 1. The van der Waals surface area contributed by atoms with Crippen LogP contribution in [-0.2, 0) is 11.3 Å². The van der Waals surface area contributed by atoms with E-state index in [9.17, 15) is 4.79 Å². The lowest BCUT2D eigenvalue weighted by Crippen LogP contribution is -2.43. The first-order valence-electron chi connectivity index (χ1n) is 8.20. The summed E-state index contributed by atoms with van der Waals surface area (Å²) in [6.07, 6.45) is 2.06. The molecule has 1 aliphatic carbocycles. The highest BCUT2D eigenvalue weighted by Gasteiger charge is 2.31. The summed E-state index contributed by atoms with van der Waals surface area (Å²) < 4.78 is 5.28. The Morgan fingerprint density at radius 1 is 1.39 bits per heavy atom. The van der Waals surface area contributed by atoms with Crippen molar-refractivity contribution in [3.05, 3.63) is 34.3 Å². The number of rotatable bonds is 6. The summed E-state index contributed by atoms with van der Waals surface area (Å²) in [7, 11) is 0. The monoisotopic (exact) mass is 338 g/mol. The molecule has 4 nitrogen and oxygen atoms in total. The molecule has 0 radical (unpaired) electrons. The number of halogens is 1. The fourth-order valence-corrected chi connectivity index (χ4v) is 2.61. The highest BCUT2D eigenvalue weighted by atomic mass is 35.5. The second-order valence-electron chi connectivity index (χ2n) is 7.29. The van der Waals surface area contributed by atoms with E-state index in [2.05, 4.69) is 16.7 Å². The summed E-state index contributed by atoms with van der Waals surface area (Å²) in [6.45, 7) is 8.92. The minimum Gasteiger partial charge on any atom is -0.444 e. The Bertz CT molecular complexity index is 550. The average molecular weight is 339 g/mol. The summed E-state index contributed by atoms with van der Waals surface area (Å²) in [5.41, 5.74) is 1.77. The van der Waals surface area contributed by atoms with Gasteiger partial charge in [-0.15, -0.1) is 0 Å². The number of hydrogen-bond donors (Lipinski definition) is 2. The average Bonchev–Trinajstić information content (AvgIpc) is 3.25. The van der Waals surface area contributed by atoms with Crippen LogP contribution < -0.4 is 10.6 Å². The molecule has 1 unspecified atom stereocenters. The number of alkyl carbamates (subject to hydrolysis) is 1. The molecule has 0 aromatic heterocycles. The van der Waals surface area contributed by atoms with Gasteiger partial charge in [0, 0.05) is 24.2 Å². The third-order valence-corrected chi connectivity index (χ3v) is 4.27. The summed E-state index contributed by atoms with van der Waals surface area (Å²) in [5.74, 6) is 0.630. The van der Waals surface area contributed by atoms with E-state index in [0.29, 0.717) is 12.5 Å². The molecule has 1 aromatic carbocycles. The first kappa shape index (κ1) is 18.1. The van der Waals surface area contributed by atoms with E-state index in [-0.39, 0.29) is 12.1 Å². The van der Waals surface area contributed by atoms with E-state index >= 15 is 0 Å². The molecule has 2 rings (SSSR count). The van der Waals surface area contributed by atoms with Crippen molar-refractivity contribution in [2.24, 2.45) is 5.92 Å². The van der Waals surface area contributed by atoms with E-state index in [4.69, 9.17) is 16.3 Å². The van der Waals surface area contributed by atoms with Crippen molar-refractivity contribution in [1.82, 2.24) is 10.6 Å². The maximum absolute atomic E-state index is 11.8. The zero-order valence-corrected chi connectivity index (χ0v) is 15.2. The summed E-state index contributed by atoms with van der Waals surface area (Å²) in [6, 6.07) is 6.38. The smallest absolute Gasteiger partial charge is 0.407 e. The molecule has 128 valence electrons. The molecular formula is C18H27ClN2O2. The van der Waals surface area contributed by atoms with Crippen LogP contribution in [0.5, 0.6) is 0 Å². The zero-order valence-electron chi connectivity index (χ0n) is 14.4. The molecule has 0 saturated heterocycles. The predicted molar refractivity (Wildman–Crippen MR) is 93.8 cm³/mol. The molecule has 0 aliphatic heterocycles. The Balaban J connectivity index is 1.82. The second-order valence-corrected chi connectivity index (χ2v) is 7.70. The molecule has 1 saturated carbocycles. The number of hydrogen-bond acceptors (Lipinski definition) is 3. The van der Waals surface area contributed by atoms with Crippen LogP contribution in [0.2, 0.25) is 5.02 Å². The van der Waals surface area contributed by atoms with Crippen LogP contribution in [0.3, 0.4) is 0 Å². The Kier molecular flexibility index (Phi) is 5.93. The van der Waals surface area contributed by atoms with Gasteiger partial charge in [0.25, 0.3) is 0 Å². The van der Waals surface area contributed by atoms with Gasteiger partial charge < -0.3 is 15.4 Å². The lowest BCUT2D eigenvalue weighted by Gasteiger charge is -2.22. The largest absolute Gasteiger partial charge is 0.444 e. The summed E-state index contributed by atoms with van der Waals surface area (Å²) >= 11 is 6.17. The van der Waals surface area contributed by atoms with E-state index < -0.39 is 5.60 Å². The van der Waals surface area contributed by atoms with Crippen LogP contribution in [0.4, 0.5) is 4.79 Å². The molecule has 5 heteroatoms. The Hall–Kier alpha value is -1.26. The van der Waals surface area contributed by atoms with Gasteiger partial charge in [0.2, 0.25) is 0 Å². The van der Waals surface area contributed by atoms with Crippen LogP contribution in [0.25, 0.3) is 0 Å². The topological polar surface area (TPSA) is 50.4 Å². The lowest BCUT2D eigenvalue weighted by molar-refractivity contribution is 0.0521. The number of amides is 1. The maximum Gasteiger partial charge on any atom is 0.407 e. The molecule has 0 heterocycles. The minimum absolute atomic E-state index is 0.266. The van der Waals surface area contributed by atoms with Crippen molar-refractivity contribution in [2.75, 3.05) is 6.54 Å². The van der Waals surface area contributed by atoms with Gasteiger partial charge in [0.1, 0.15) is 5.60 Å². The SMILES string of the molecule is Cc1ccc(CNC(CNC(=O)OC(C)(C)C)C2CC2)cc1Cl. The van der Waals surface area contributed by atoms with E-state index in [0.717, 1.165) is 22.7 Å². The van der Waals surface area contributed by atoms with Crippen LogP contribution in [0.1, 0.15) is 44.7 Å². The van der Waals surface area contributed by atoms with Crippen molar-refractivity contribution >= 4 is 17.7 Å². The quantitative estimate of drug-likeness (QED) is 0.823. The molecule has 1 fully saturated rings. The number of aryl methyl sites for hydroxylation is 1. The van der Waals surface area contributed by atoms with Crippen LogP contribution >= 0.6 is 11.6 Å². The van der Waals surface area contributed by atoms with Crippen molar-refractivity contribution in [2.45, 2.75) is 58.7 Å². The second kappa shape index (κ2) is 7.54. The fourth-order valence-electron chi connectivity index (χ4n) is 2.41. The lowest BCUT2D eigenvalue weighted by atomic mass is 10.1. The number of nitrogens with one attached hydrogen (secondary N) is 2. The molecule has 0 spiro atoms. The minimum atomic E-state index is -0.467. The first-order valence-corrected chi connectivity index (χ1v) is 8.57. The molecule has 1 aromatic rings. The number of benzene rings is 1. The molecule has 2 N–H and O–H groups in total. The van der Waals surface area contributed by atoms with Gasteiger partial charge in [0.15, 0.2) is 0 Å². The molecule has 0 bridgehead atoms. The normalized spacial score (nSPS) is 16.0. The zero-order chi connectivity index (χ0) is 17.0. The van der Waals surface area contributed by atoms with Crippen LogP contribution in [0.15, 0.2) is 18.2 Å². The van der Waals surface area contributed by atoms with Gasteiger partial charge in [0.05, 0.1) is 0 Å². The van der Waals surface area contributed by atoms with E-state index in [1.165, 1.54) is 12.8 Å². The summed E-state index contributed by atoms with van der Waals surface area (Å²) in [5, 5.41) is 7.19. The van der Waals surface area contributed by atoms with Gasteiger partial charge in [-0.3, -0.25) is 0 Å². The Morgan fingerprint density at radius 3 is 2.65 bits per heavy atom. The number of ether oxygens (including phenoxy) is 1. The van der Waals surface area contributed by atoms with Gasteiger partial charge >= 0.3 is 6.09 Å². The van der Waals surface area contributed by atoms with E-state index in [1.807, 2.05) is 39.8 Å². The van der Waals surface area contributed by atoms with Crippen LogP contribution in [0, 0.1) is 12.8 Å². The van der Waals surface area contributed by atoms with Gasteiger partial charge in [-0.05, 0) is 63.6 Å². The maximum atomic E-state index is 11.8. The highest BCUT2D eigenvalue weighted by Crippen LogP contribution is 2.32. The van der Waals surface area contributed by atoms with E-state index in [1.54, 1.807) is 0 Å². The Morgan fingerprint density at radius 2 is 2.09 bits per heavy atom. The van der Waals surface area contributed by atoms with Crippen molar-refractivity contribution < 1.29 is 9.53 Å². The van der Waals surface area contributed by atoms with Crippen molar-refractivity contribution in [3.8, 4) is 0 Å². The first-order chi connectivity index (χ1) is 10.7. The Labute approximate surface area is 143 Å². The molecule has 23 heavy (non-hydrogen) atoms. The third-order valence-electron chi connectivity index (χ3n) is 3.86. The molecular weight excluding hydrogens is 312 g/mol. The number of carbonyl (C=O) groups is 1. The van der Waals surface area contributed by atoms with Gasteiger partial charge in [-0.25, -0.2) is 4.79 Å². The van der Waals surface area contributed by atoms with Crippen LogP contribution in [-0.4, -0.2) is 24.3 Å². The predicted octanol–water partition coefficient (Wildman–Crippen LogP) is 4.04. The van der Waals surface area contributed by atoms with Gasteiger partial charge in [-0.1, -0.05) is 23.7 Å². The standard InChI is InChI=1S/C18H27ClN2O2/c1-12-5-6-13(9-15(12)19)10-20-16(14-7-8-14)11-21-17(22)23-18(2,3)4/h5-6,9,14,16,20H,7-8,10-11H2,1-4H3,(H,21,22). The molecule has 1 aliphatic rings. The van der Waals surface area contributed by atoms with Crippen molar-refractivity contribution in [3.63, 3.8) is 0 Å². The fraction of sp³-hybridized carbons (Fsp3) is 0.611. The highest BCUT2D eigenvalue weighted by molar-refractivity contribution is 6.31. The third kappa shape index (κ3) is 6.40. The van der Waals surface area contributed by atoms with Crippen molar-refractivity contribution in [1.29, 1.82) is 0 Å². The van der Waals surface area contributed by atoms with Gasteiger partial charge in [-0.2, -0.15) is 0 Å². The molecule has 1 amide bonds.